The van der Waals surface area contributed by atoms with E-state index in [0.29, 0.717) is 49.5 Å². The van der Waals surface area contributed by atoms with Crippen molar-refractivity contribution in [2.75, 3.05) is 39.3 Å². The number of anilines is 1. The van der Waals surface area contributed by atoms with E-state index in [9.17, 15) is 0 Å². The average Bonchev–Trinajstić information content (AvgIpc) is 3.39. The second-order valence-corrected chi connectivity index (χ2v) is 9.66. The number of nitrogens with two attached hydrogens (primary N) is 1. The van der Waals surface area contributed by atoms with E-state index < -0.39 is 11.4 Å². The molecule has 0 spiro atoms. The van der Waals surface area contributed by atoms with E-state index in [1.807, 2.05) is 37.3 Å². The number of nitrogens with one attached hydrogen (secondary N) is 2. The fraction of sp³-hybridized carbons (Fsp3) is 0.379. The molecule has 4 N–H and O–H groups in total. The van der Waals surface area contributed by atoms with Gasteiger partial charge in [0, 0.05) is 30.3 Å². The van der Waals surface area contributed by atoms with Gasteiger partial charge in [0.1, 0.15) is 11.5 Å². The van der Waals surface area contributed by atoms with E-state index in [4.69, 9.17) is 29.7 Å². The lowest BCUT2D eigenvalue weighted by molar-refractivity contribution is -0.149. The van der Waals surface area contributed by atoms with Crippen molar-refractivity contribution in [1.82, 2.24) is 10.3 Å². The molecule has 38 heavy (non-hydrogen) atoms. The zero-order chi connectivity index (χ0) is 26.6. The van der Waals surface area contributed by atoms with Gasteiger partial charge in [0.25, 0.3) is 0 Å². The SMILES string of the molecule is COc1ccc(CC2(N)NC(=NCCCc3cccc(C4(C)OCCO4)c3)Nc3ncccc32)cc1OC. The summed E-state index contributed by atoms with van der Waals surface area (Å²) in [5, 5.41) is 6.72. The zero-order valence-electron chi connectivity index (χ0n) is 22.1. The van der Waals surface area contributed by atoms with Crippen LogP contribution in [0.15, 0.2) is 65.8 Å². The second kappa shape index (κ2) is 11.0. The van der Waals surface area contributed by atoms with Gasteiger partial charge in [0.2, 0.25) is 0 Å². The molecule has 0 bridgehead atoms. The summed E-state index contributed by atoms with van der Waals surface area (Å²) in [5.74, 6) is 1.98. The highest BCUT2D eigenvalue weighted by Gasteiger charge is 2.36. The van der Waals surface area contributed by atoms with E-state index in [0.717, 1.165) is 29.5 Å². The highest BCUT2D eigenvalue weighted by molar-refractivity contribution is 5.96. The molecule has 200 valence electrons. The molecular formula is C29H35N5O4. The van der Waals surface area contributed by atoms with E-state index >= 15 is 0 Å². The van der Waals surface area contributed by atoms with Crippen LogP contribution in [-0.2, 0) is 33.8 Å². The van der Waals surface area contributed by atoms with Crippen LogP contribution in [0.2, 0.25) is 0 Å². The van der Waals surface area contributed by atoms with Crippen molar-refractivity contribution in [2.45, 2.75) is 37.6 Å². The predicted octanol–water partition coefficient (Wildman–Crippen LogP) is 3.68. The number of hydrogen-bond donors (Lipinski definition) is 3. The maximum Gasteiger partial charge on any atom is 0.198 e. The van der Waals surface area contributed by atoms with Gasteiger partial charge in [0.05, 0.1) is 27.4 Å². The molecule has 1 fully saturated rings. The van der Waals surface area contributed by atoms with Crippen molar-refractivity contribution < 1.29 is 18.9 Å². The molecule has 9 heteroatoms. The molecule has 2 aromatic carbocycles. The Bertz CT molecular complexity index is 1310. The molecule has 1 saturated heterocycles. The second-order valence-electron chi connectivity index (χ2n) is 9.66. The van der Waals surface area contributed by atoms with Crippen molar-refractivity contribution in [3.05, 3.63) is 83.0 Å². The predicted molar refractivity (Wildman–Crippen MR) is 146 cm³/mol. The van der Waals surface area contributed by atoms with Gasteiger partial charge in [-0.05, 0) is 49.1 Å². The number of aliphatic imine (C=N–C) groups is 1. The Morgan fingerprint density at radius 3 is 2.61 bits per heavy atom. The first kappa shape index (κ1) is 26.0. The van der Waals surface area contributed by atoms with Crippen molar-refractivity contribution >= 4 is 11.8 Å². The van der Waals surface area contributed by atoms with Crippen molar-refractivity contribution in [3.8, 4) is 11.5 Å². The number of rotatable bonds is 9. The number of fused-ring (bicyclic) bond motifs is 1. The van der Waals surface area contributed by atoms with E-state index in [1.165, 1.54) is 5.56 Å². The van der Waals surface area contributed by atoms with Crippen LogP contribution < -0.4 is 25.8 Å². The maximum absolute atomic E-state index is 6.97. The first-order valence-corrected chi connectivity index (χ1v) is 12.8. The highest BCUT2D eigenvalue weighted by Crippen LogP contribution is 2.34. The molecule has 1 aromatic heterocycles. The average molecular weight is 518 g/mol. The summed E-state index contributed by atoms with van der Waals surface area (Å²) in [7, 11) is 3.25. The molecule has 0 radical (unpaired) electrons. The van der Waals surface area contributed by atoms with Crippen LogP contribution in [0.25, 0.3) is 0 Å². The Kier molecular flexibility index (Phi) is 7.51. The van der Waals surface area contributed by atoms with E-state index in [1.54, 1.807) is 20.4 Å². The summed E-state index contributed by atoms with van der Waals surface area (Å²) in [5.41, 5.74) is 10.2. The maximum atomic E-state index is 6.97. The van der Waals surface area contributed by atoms with Crippen molar-refractivity contribution in [3.63, 3.8) is 0 Å². The quantitative estimate of drug-likeness (QED) is 0.369. The summed E-state index contributed by atoms with van der Waals surface area (Å²) in [6.45, 7) is 3.83. The van der Waals surface area contributed by atoms with Crippen LogP contribution in [-0.4, -0.2) is 44.9 Å². The summed E-state index contributed by atoms with van der Waals surface area (Å²) >= 11 is 0. The minimum atomic E-state index is -0.904. The largest absolute Gasteiger partial charge is 0.493 e. The number of aromatic nitrogens is 1. The number of ether oxygens (including phenoxy) is 4. The third-order valence-corrected chi connectivity index (χ3v) is 6.98. The monoisotopic (exact) mass is 517 g/mol. The molecule has 9 nitrogen and oxygen atoms in total. The Morgan fingerprint density at radius 1 is 1.00 bits per heavy atom. The minimum absolute atomic E-state index is 0.502. The van der Waals surface area contributed by atoms with Gasteiger partial charge in [-0.25, -0.2) is 4.98 Å². The molecule has 3 heterocycles. The van der Waals surface area contributed by atoms with Crippen molar-refractivity contribution in [2.24, 2.45) is 10.7 Å². The Balaban J connectivity index is 1.28. The number of methoxy groups -OCH3 is 2. The summed E-state index contributed by atoms with van der Waals surface area (Å²) in [4.78, 5) is 9.31. The lowest BCUT2D eigenvalue weighted by Gasteiger charge is -2.38. The van der Waals surface area contributed by atoms with Gasteiger partial charge in [-0.15, -0.1) is 0 Å². The molecule has 0 saturated carbocycles. The summed E-state index contributed by atoms with van der Waals surface area (Å²) in [6.07, 6.45) is 4.01. The molecule has 0 amide bonds. The molecule has 0 aliphatic carbocycles. The number of pyridine rings is 1. The normalized spacial score (nSPS) is 20.9. The van der Waals surface area contributed by atoms with Gasteiger partial charge < -0.3 is 35.3 Å². The Labute approximate surface area is 223 Å². The molecular weight excluding hydrogens is 482 g/mol. The van der Waals surface area contributed by atoms with Gasteiger partial charge in [-0.1, -0.05) is 36.4 Å². The molecule has 2 aliphatic heterocycles. The van der Waals surface area contributed by atoms with Gasteiger partial charge in [-0.3, -0.25) is 4.99 Å². The van der Waals surface area contributed by atoms with Crippen LogP contribution in [0.1, 0.15) is 35.6 Å². The number of benzene rings is 2. The zero-order valence-corrected chi connectivity index (χ0v) is 22.1. The molecule has 2 aliphatic rings. The molecule has 1 atom stereocenters. The molecule has 3 aromatic rings. The topological polar surface area (TPSA) is 112 Å². The van der Waals surface area contributed by atoms with E-state index in [-0.39, 0.29) is 0 Å². The summed E-state index contributed by atoms with van der Waals surface area (Å²) in [6, 6.07) is 18.1. The van der Waals surface area contributed by atoms with Crippen LogP contribution in [0.5, 0.6) is 11.5 Å². The van der Waals surface area contributed by atoms with Crippen LogP contribution in [0.4, 0.5) is 5.82 Å². The van der Waals surface area contributed by atoms with Gasteiger partial charge in [0.15, 0.2) is 23.2 Å². The summed E-state index contributed by atoms with van der Waals surface area (Å²) < 4.78 is 22.5. The third-order valence-electron chi connectivity index (χ3n) is 6.98. The number of nitrogens with zero attached hydrogens (tertiary/aromatic N) is 2. The standard InChI is InChI=1S/C29H35N5O4/c1-28(37-15-16-38-28)22-9-4-7-20(17-22)8-5-14-32-27-33-26-23(10-6-13-31-26)29(30,34-27)19-21-11-12-24(35-2)25(18-21)36-3/h4,6-7,9-13,17-18H,5,8,14-16,19,30H2,1-3H3,(H2,31,32,33,34). The molecule has 5 rings (SSSR count). The van der Waals surface area contributed by atoms with Crippen molar-refractivity contribution in [1.29, 1.82) is 0 Å². The molecule has 1 unspecified atom stereocenters. The number of aryl methyl sites for hydroxylation is 1. The van der Waals surface area contributed by atoms with Crippen LogP contribution in [0.3, 0.4) is 0 Å². The number of guanidine groups is 1. The van der Waals surface area contributed by atoms with Gasteiger partial charge in [-0.2, -0.15) is 0 Å². The smallest absolute Gasteiger partial charge is 0.198 e. The third kappa shape index (κ3) is 5.45. The first-order chi connectivity index (χ1) is 18.4. The Hall–Kier alpha value is -3.66. The number of hydrogen-bond acceptors (Lipinski definition) is 7. The Morgan fingerprint density at radius 2 is 1.82 bits per heavy atom. The van der Waals surface area contributed by atoms with E-state index in [2.05, 4.69) is 39.9 Å². The van der Waals surface area contributed by atoms with Gasteiger partial charge >= 0.3 is 0 Å². The first-order valence-electron chi connectivity index (χ1n) is 12.8. The fourth-order valence-corrected chi connectivity index (χ4v) is 4.98. The lowest BCUT2D eigenvalue weighted by atomic mass is 9.91. The lowest BCUT2D eigenvalue weighted by Crippen LogP contribution is -2.59. The van der Waals surface area contributed by atoms with Crippen LogP contribution >= 0.6 is 0 Å². The minimum Gasteiger partial charge on any atom is -0.493 e. The highest BCUT2D eigenvalue weighted by atomic mass is 16.7. The van der Waals surface area contributed by atoms with Crippen LogP contribution in [0, 0.1) is 0 Å². The fourth-order valence-electron chi connectivity index (χ4n) is 4.98.